The van der Waals surface area contributed by atoms with E-state index in [4.69, 9.17) is 5.73 Å². The predicted molar refractivity (Wildman–Crippen MR) is 76.7 cm³/mol. The Bertz CT molecular complexity index is 614. The predicted octanol–water partition coefficient (Wildman–Crippen LogP) is 2.56. The molecule has 19 heavy (non-hydrogen) atoms. The molecule has 0 unspecified atom stereocenters. The molecule has 1 heterocycles. The minimum Gasteiger partial charge on any atom is -0.478 e. The first-order valence-corrected chi connectivity index (χ1v) is 6.65. The molecular weight excluding hydrogens is 240 g/mol. The summed E-state index contributed by atoms with van der Waals surface area (Å²) < 4.78 is 2.17. The molecule has 0 saturated heterocycles. The number of carboxylic acid groups (broad SMARTS) is 1. The maximum atomic E-state index is 11.4. The quantitative estimate of drug-likeness (QED) is 0.868. The molecule has 0 bridgehead atoms. The molecule has 0 aliphatic carbocycles. The number of aryl methyl sites for hydroxylation is 2. The lowest BCUT2D eigenvalue weighted by molar-refractivity contribution is 0.0699. The lowest BCUT2D eigenvalue weighted by Gasteiger charge is -2.04. The van der Waals surface area contributed by atoms with Crippen molar-refractivity contribution in [2.75, 3.05) is 6.54 Å². The zero-order chi connectivity index (χ0) is 14.0. The normalized spacial score (nSPS) is 11.1. The monoisotopic (exact) mass is 260 g/mol. The van der Waals surface area contributed by atoms with Gasteiger partial charge in [0, 0.05) is 23.1 Å². The molecule has 1 aromatic heterocycles. The number of aromatic carboxylic acids is 1. The van der Waals surface area contributed by atoms with Crippen molar-refractivity contribution in [3.05, 3.63) is 35.0 Å². The standard InChI is InChI=1S/C15H20N2O2/c1-3-17-10(2)11(7-5-9-16)14-12(15(18)19)6-4-8-13(14)17/h4,6,8H,3,5,7,9,16H2,1-2H3,(H,18,19). The van der Waals surface area contributed by atoms with Crippen LogP contribution in [0.4, 0.5) is 0 Å². The Balaban J connectivity index is 2.76. The molecule has 2 aromatic rings. The Kier molecular flexibility index (Phi) is 3.90. The van der Waals surface area contributed by atoms with E-state index in [2.05, 4.69) is 18.4 Å². The van der Waals surface area contributed by atoms with Gasteiger partial charge in [-0.15, -0.1) is 0 Å². The smallest absolute Gasteiger partial charge is 0.336 e. The Morgan fingerprint density at radius 3 is 2.74 bits per heavy atom. The maximum absolute atomic E-state index is 11.4. The summed E-state index contributed by atoms with van der Waals surface area (Å²) in [6.45, 7) is 5.59. The Hall–Kier alpha value is -1.81. The summed E-state index contributed by atoms with van der Waals surface area (Å²) in [5.41, 5.74) is 9.26. The van der Waals surface area contributed by atoms with Crippen LogP contribution in [0.25, 0.3) is 10.9 Å². The molecule has 0 fully saturated rings. The molecule has 4 nitrogen and oxygen atoms in total. The number of nitrogens with two attached hydrogens (primary N) is 1. The maximum Gasteiger partial charge on any atom is 0.336 e. The van der Waals surface area contributed by atoms with Gasteiger partial charge in [-0.05, 0) is 50.9 Å². The van der Waals surface area contributed by atoms with Gasteiger partial charge in [0.25, 0.3) is 0 Å². The first-order chi connectivity index (χ1) is 9.11. The number of aromatic nitrogens is 1. The summed E-state index contributed by atoms with van der Waals surface area (Å²) in [5, 5.41) is 10.2. The van der Waals surface area contributed by atoms with Crippen LogP contribution in [0.3, 0.4) is 0 Å². The number of carbonyl (C=O) groups is 1. The van der Waals surface area contributed by atoms with Crippen LogP contribution in [0.2, 0.25) is 0 Å². The zero-order valence-corrected chi connectivity index (χ0v) is 11.4. The summed E-state index contributed by atoms with van der Waals surface area (Å²) in [5.74, 6) is -0.868. The van der Waals surface area contributed by atoms with Gasteiger partial charge >= 0.3 is 5.97 Å². The molecular formula is C15H20N2O2. The third-order valence-electron chi connectivity index (χ3n) is 3.65. The lowest BCUT2D eigenvalue weighted by Crippen LogP contribution is -2.03. The van der Waals surface area contributed by atoms with E-state index >= 15 is 0 Å². The highest BCUT2D eigenvalue weighted by Crippen LogP contribution is 2.30. The Labute approximate surface area is 112 Å². The number of rotatable bonds is 5. The van der Waals surface area contributed by atoms with Crippen molar-refractivity contribution in [1.29, 1.82) is 0 Å². The van der Waals surface area contributed by atoms with Crippen molar-refractivity contribution in [1.82, 2.24) is 4.57 Å². The number of fused-ring (bicyclic) bond motifs is 1. The second kappa shape index (κ2) is 5.45. The fourth-order valence-electron chi connectivity index (χ4n) is 2.78. The molecule has 0 spiro atoms. The minimum atomic E-state index is -0.868. The van der Waals surface area contributed by atoms with E-state index in [-0.39, 0.29) is 0 Å². The van der Waals surface area contributed by atoms with Crippen LogP contribution in [0, 0.1) is 6.92 Å². The number of hydrogen-bond acceptors (Lipinski definition) is 2. The Morgan fingerprint density at radius 1 is 1.42 bits per heavy atom. The summed E-state index contributed by atoms with van der Waals surface area (Å²) in [6, 6.07) is 5.48. The van der Waals surface area contributed by atoms with Crippen LogP contribution in [-0.2, 0) is 13.0 Å². The fourth-order valence-corrected chi connectivity index (χ4v) is 2.78. The summed E-state index contributed by atoms with van der Waals surface area (Å²) >= 11 is 0. The molecule has 1 aromatic carbocycles. The van der Waals surface area contributed by atoms with Gasteiger partial charge in [0.15, 0.2) is 0 Å². The zero-order valence-electron chi connectivity index (χ0n) is 11.4. The minimum absolute atomic E-state index is 0.389. The van der Waals surface area contributed by atoms with Gasteiger partial charge in [-0.2, -0.15) is 0 Å². The second-order valence-corrected chi connectivity index (χ2v) is 4.71. The third-order valence-corrected chi connectivity index (χ3v) is 3.65. The number of hydrogen-bond donors (Lipinski definition) is 2. The van der Waals surface area contributed by atoms with Crippen LogP contribution in [0.15, 0.2) is 18.2 Å². The van der Waals surface area contributed by atoms with Gasteiger partial charge in [0.05, 0.1) is 5.56 Å². The molecule has 0 radical (unpaired) electrons. The largest absolute Gasteiger partial charge is 0.478 e. The van der Waals surface area contributed by atoms with Gasteiger partial charge in [0.1, 0.15) is 0 Å². The highest BCUT2D eigenvalue weighted by Gasteiger charge is 2.18. The fraction of sp³-hybridized carbons (Fsp3) is 0.400. The lowest BCUT2D eigenvalue weighted by atomic mass is 10.0. The highest BCUT2D eigenvalue weighted by molar-refractivity contribution is 6.05. The first kappa shape index (κ1) is 13.6. The van der Waals surface area contributed by atoms with Crippen LogP contribution in [-0.4, -0.2) is 22.2 Å². The van der Waals surface area contributed by atoms with Crippen molar-refractivity contribution < 1.29 is 9.90 Å². The summed E-state index contributed by atoms with van der Waals surface area (Å²) in [4.78, 5) is 11.4. The van der Waals surface area contributed by atoms with Crippen molar-refractivity contribution in [2.45, 2.75) is 33.2 Å². The summed E-state index contributed by atoms with van der Waals surface area (Å²) in [6.07, 6.45) is 1.70. The molecule has 0 saturated carbocycles. The van der Waals surface area contributed by atoms with Gasteiger partial charge in [0.2, 0.25) is 0 Å². The van der Waals surface area contributed by atoms with E-state index in [1.54, 1.807) is 6.07 Å². The van der Waals surface area contributed by atoms with E-state index in [1.807, 2.05) is 12.1 Å². The topological polar surface area (TPSA) is 68.2 Å². The van der Waals surface area contributed by atoms with Gasteiger partial charge < -0.3 is 15.4 Å². The van der Waals surface area contributed by atoms with Gasteiger partial charge in [-0.25, -0.2) is 4.79 Å². The van der Waals surface area contributed by atoms with Crippen LogP contribution >= 0.6 is 0 Å². The van der Waals surface area contributed by atoms with Gasteiger partial charge in [-0.1, -0.05) is 6.07 Å². The SMILES string of the molecule is CCn1c(C)c(CCCN)c2c(C(=O)O)cccc21. The first-order valence-electron chi connectivity index (χ1n) is 6.65. The van der Waals surface area contributed by atoms with E-state index < -0.39 is 5.97 Å². The average molecular weight is 260 g/mol. The molecule has 0 aliphatic rings. The van der Waals surface area contributed by atoms with E-state index in [0.717, 1.165) is 41.5 Å². The van der Waals surface area contributed by atoms with Crippen molar-refractivity contribution in [3.63, 3.8) is 0 Å². The molecule has 0 amide bonds. The van der Waals surface area contributed by atoms with Gasteiger partial charge in [-0.3, -0.25) is 0 Å². The number of benzene rings is 1. The number of carboxylic acids is 1. The van der Waals surface area contributed by atoms with E-state index in [9.17, 15) is 9.90 Å². The van der Waals surface area contributed by atoms with Crippen LogP contribution in [0.1, 0.15) is 35.0 Å². The molecule has 4 heteroatoms. The molecule has 3 N–H and O–H groups in total. The summed E-state index contributed by atoms with van der Waals surface area (Å²) in [7, 11) is 0. The average Bonchev–Trinajstić information content (AvgIpc) is 2.67. The van der Waals surface area contributed by atoms with Crippen molar-refractivity contribution in [3.8, 4) is 0 Å². The van der Waals surface area contributed by atoms with E-state index in [1.165, 1.54) is 0 Å². The van der Waals surface area contributed by atoms with Crippen LogP contribution in [0.5, 0.6) is 0 Å². The van der Waals surface area contributed by atoms with Crippen LogP contribution < -0.4 is 5.73 Å². The molecule has 2 rings (SSSR count). The Morgan fingerprint density at radius 2 is 2.16 bits per heavy atom. The van der Waals surface area contributed by atoms with E-state index in [0.29, 0.717) is 12.1 Å². The molecule has 102 valence electrons. The van der Waals surface area contributed by atoms with Crippen molar-refractivity contribution >= 4 is 16.9 Å². The number of nitrogens with zero attached hydrogens (tertiary/aromatic N) is 1. The molecule has 0 aliphatic heterocycles. The third kappa shape index (κ3) is 2.24. The van der Waals surface area contributed by atoms with Crippen molar-refractivity contribution in [2.24, 2.45) is 5.73 Å². The molecule has 0 atom stereocenters. The second-order valence-electron chi connectivity index (χ2n) is 4.71. The highest BCUT2D eigenvalue weighted by atomic mass is 16.4.